The van der Waals surface area contributed by atoms with Gasteiger partial charge in [-0.3, -0.25) is 4.79 Å². The van der Waals surface area contributed by atoms with E-state index in [1.165, 1.54) is 11.3 Å². The summed E-state index contributed by atoms with van der Waals surface area (Å²) in [5, 5.41) is 12.6. The fourth-order valence-electron chi connectivity index (χ4n) is 1.81. The van der Waals surface area contributed by atoms with Crippen LogP contribution >= 0.6 is 11.3 Å². The van der Waals surface area contributed by atoms with Crippen LogP contribution in [0.5, 0.6) is 0 Å². The van der Waals surface area contributed by atoms with Gasteiger partial charge in [-0.1, -0.05) is 12.1 Å². The number of nitrogens with one attached hydrogen (secondary N) is 1. The number of nitrogens with zero attached hydrogens (tertiary/aromatic N) is 1. The number of thiazole rings is 1. The molecule has 0 fully saturated rings. The Morgan fingerprint density at radius 2 is 2.00 bits per heavy atom. The largest absolute Gasteiger partial charge is 0.396 e. The normalized spacial score (nSPS) is 10.5. The van der Waals surface area contributed by atoms with E-state index >= 15 is 0 Å². The smallest absolute Gasteiger partial charge is 0.267 e. The molecular weight excluding hydrogens is 260 g/mol. The van der Waals surface area contributed by atoms with Crippen molar-refractivity contribution in [3.05, 3.63) is 45.4 Å². The van der Waals surface area contributed by atoms with Gasteiger partial charge >= 0.3 is 0 Å². The molecule has 0 saturated heterocycles. The van der Waals surface area contributed by atoms with Gasteiger partial charge < -0.3 is 10.4 Å². The van der Waals surface area contributed by atoms with Crippen LogP contribution in [0.1, 0.15) is 25.9 Å². The summed E-state index contributed by atoms with van der Waals surface area (Å²) in [6.07, 6.45) is 0.626. The van der Waals surface area contributed by atoms with Gasteiger partial charge in [0.25, 0.3) is 5.91 Å². The van der Waals surface area contributed by atoms with Crippen molar-refractivity contribution >= 4 is 22.9 Å². The van der Waals surface area contributed by atoms with E-state index in [9.17, 15) is 4.79 Å². The summed E-state index contributed by atoms with van der Waals surface area (Å²) in [4.78, 5) is 17.0. The quantitative estimate of drug-likeness (QED) is 0.902. The minimum atomic E-state index is -0.127. The Kier molecular flexibility index (Phi) is 4.29. The highest BCUT2D eigenvalue weighted by atomic mass is 32.1. The van der Waals surface area contributed by atoms with Crippen molar-refractivity contribution in [3.8, 4) is 0 Å². The molecule has 0 bridgehead atoms. The maximum atomic E-state index is 12.1. The Morgan fingerprint density at radius 3 is 2.53 bits per heavy atom. The first kappa shape index (κ1) is 13.7. The van der Waals surface area contributed by atoms with Gasteiger partial charge in [0, 0.05) is 12.3 Å². The second-order valence-corrected chi connectivity index (χ2v) is 5.48. The van der Waals surface area contributed by atoms with Crippen molar-refractivity contribution in [2.75, 3.05) is 11.9 Å². The minimum Gasteiger partial charge on any atom is -0.396 e. The molecule has 100 valence electrons. The highest BCUT2D eigenvalue weighted by Crippen LogP contribution is 2.19. The van der Waals surface area contributed by atoms with Crippen LogP contribution in [0.25, 0.3) is 0 Å². The lowest BCUT2D eigenvalue weighted by Crippen LogP contribution is -2.11. The average molecular weight is 276 g/mol. The Labute approximate surface area is 116 Å². The first-order valence-corrected chi connectivity index (χ1v) is 6.87. The Hall–Kier alpha value is -1.72. The second kappa shape index (κ2) is 5.95. The molecule has 1 aromatic carbocycles. The Balaban J connectivity index is 2.08. The molecule has 0 atom stereocenters. The van der Waals surface area contributed by atoms with E-state index in [0.29, 0.717) is 11.3 Å². The number of carbonyl (C=O) groups excluding carboxylic acids is 1. The molecule has 2 aromatic rings. The van der Waals surface area contributed by atoms with E-state index in [2.05, 4.69) is 10.3 Å². The van der Waals surface area contributed by atoms with Gasteiger partial charge in [-0.25, -0.2) is 4.98 Å². The first-order chi connectivity index (χ1) is 9.10. The molecule has 0 unspecified atom stereocenters. The van der Waals surface area contributed by atoms with Crippen LogP contribution in [0, 0.1) is 13.8 Å². The van der Waals surface area contributed by atoms with Crippen LogP contribution in [-0.4, -0.2) is 22.6 Å². The third-order valence-corrected chi connectivity index (χ3v) is 3.79. The molecule has 1 amide bonds. The van der Waals surface area contributed by atoms with E-state index in [1.54, 1.807) is 0 Å². The van der Waals surface area contributed by atoms with E-state index in [1.807, 2.05) is 38.1 Å². The second-order valence-electron chi connectivity index (χ2n) is 4.27. The van der Waals surface area contributed by atoms with Crippen LogP contribution in [0.2, 0.25) is 0 Å². The fraction of sp³-hybridized carbons (Fsp3) is 0.286. The number of aryl methyl sites for hydroxylation is 2. The molecule has 0 spiro atoms. The lowest BCUT2D eigenvalue weighted by atomic mass is 10.1. The molecule has 0 saturated carbocycles. The maximum Gasteiger partial charge on any atom is 0.267 e. The summed E-state index contributed by atoms with van der Waals surface area (Å²) in [5.74, 6) is -0.127. The Morgan fingerprint density at radius 1 is 1.32 bits per heavy atom. The molecular formula is C14H16N2O2S. The molecule has 0 aliphatic carbocycles. The SMILES string of the molecule is Cc1nc(C)c(C(=O)Nc2ccc(CCO)cc2)s1. The third kappa shape index (κ3) is 3.39. The van der Waals surface area contributed by atoms with E-state index in [0.717, 1.165) is 22.0 Å². The van der Waals surface area contributed by atoms with Gasteiger partial charge in [0.05, 0.1) is 10.7 Å². The van der Waals surface area contributed by atoms with Gasteiger partial charge in [-0.05, 0) is 38.0 Å². The lowest BCUT2D eigenvalue weighted by molar-refractivity contribution is 0.103. The number of amides is 1. The maximum absolute atomic E-state index is 12.1. The molecule has 19 heavy (non-hydrogen) atoms. The topological polar surface area (TPSA) is 62.2 Å². The monoisotopic (exact) mass is 276 g/mol. The van der Waals surface area contributed by atoms with E-state index < -0.39 is 0 Å². The van der Waals surface area contributed by atoms with Crippen molar-refractivity contribution < 1.29 is 9.90 Å². The number of benzene rings is 1. The van der Waals surface area contributed by atoms with E-state index in [4.69, 9.17) is 5.11 Å². The summed E-state index contributed by atoms with van der Waals surface area (Å²) in [5.41, 5.74) is 2.55. The number of aromatic nitrogens is 1. The van der Waals surface area contributed by atoms with Gasteiger partial charge in [-0.15, -0.1) is 11.3 Å². The number of rotatable bonds is 4. The molecule has 0 aliphatic rings. The number of aliphatic hydroxyl groups excluding tert-OH is 1. The first-order valence-electron chi connectivity index (χ1n) is 6.05. The zero-order chi connectivity index (χ0) is 13.8. The van der Waals surface area contributed by atoms with Gasteiger partial charge in [0.1, 0.15) is 4.88 Å². The molecule has 1 heterocycles. The van der Waals surface area contributed by atoms with Gasteiger partial charge in [0.2, 0.25) is 0 Å². The fourth-order valence-corrected chi connectivity index (χ4v) is 2.63. The lowest BCUT2D eigenvalue weighted by Gasteiger charge is -2.05. The predicted octanol–water partition coefficient (Wildman–Crippen LogP) is 2.55. The summed E-state index contributed by atoms with van der Waals surface area (Å²) >= 11 is 1.40. The van der Waals surface area contributed by atoms with Crippen LogP contribution in [-0.2, 0) is 6.42 Å². The number of carbonyl (C=O) groups is 1. The van der Waals surface area contributed by atoms with Crippen molar-refractivity contribution in [1.29, 1.82) is 0 Å². The molecule has 4 nitrogen and oxygen atoms in total. The van der Waals surface area contributed by atoms with Crippen LogP contribution in [0.4, 0.5) is 5.69 Å². The summed E-state index contributed by atoms with van der Waals surface area (Å²) in [6, 6.07) is 7.48. The highest BCUT2D eigenvalue weighted by Gasteiger charge is 2.13. The molecule has 0 aliphatic heterocycles. The molecule has 2 N–H and O–H groups in total. The molecule has 5 heteroatoms. The van der Waals surface area contributed by atoms with Gasteiger partial charge in [0.15, 0.2) is 0 Å². The zero-order valence-electron chi connectivity index (χ0n) is 10.9. The van der Waals surface area contributed by atoms with Crippen molar-refractivity contribution in [1.82, 2.24) is 4.98 Å². The minimum absolute atomic E-state index is 0.127. The van der Waals surface area contributed by atoms with E-state index in [-0.39, 0.29) is 12.5 Å². The third-order valence-electron chi connectivity index (χ3n) is 2.72. The summed E-state index contributed by atoms with van der Waals surface area (Å²) < 4.78 is 0. The molecule has 0 radical (unpaired) electrons. The zero-order valence-corrected chi connectivity index (χ0v) is 11.8. The van der Waals surface area contributed by atoms with Crippen molar-refractivity contribution in [2.45, 2.75) is 20.3 Å². The standard InChI is InChI=1S/C14H16N2O2S/c1-9-13(19-10(2)15-9)14(18)16-12-5-3-11(4-6-12)7-8-17/h3-6,17H,7-8H2,1-2H3,(H,16,18). The summed E-state index contributed by atoms with van der Waals surface area (Å²) in [7, 11) is 0. The highest BCUT2D eigenvalue weighted by molar-refractivity contribution is 7.13. The van der Waals surface area contributed by atoms with Crippen LogP contribution < -0.4 is 5.32 Å². The number of aliphatic hydroxyl groups is 1. The Bertz CT molecular complexity index is 576. The molecule has 2 rings (SSSR count). The van der Waals surface area contributed by atoms with Crippen LogP contribution in [0.15, 0.2) is 24.3 Å². The van der Waals surface area contributed by atoms with Crippen LogP contribution in [0.3, 0.4) is 0 Å². The number of anilines is 1. The van der Waals surface area contributed by atoms with Crippen molar-refractivity contribution in [3.63, 3.8) is 0 Å². The number of hydrogen-bond donors (Lipinski definition) is 2. The molecule has 1 aromatic heterocycles. The average Bonchev–Trinajstić information content (AvgIpc) is 2.71. The van der Waals surface area contributed by atoms with Gasteiger partial charge in [-0.2, -0.15) is 0 Å². The van der Waals surface area contributed by atoms with Crippen molar-refractivity contribution in [2.24, 2.45) is 0 Å². The number of hydrogen-bond acceptors (Lipinski definition) is 4. The predicted molar refractivity (Wildman–Crippen MR) is 76.8 cm³/mol. The summed E-state index contributed by atoms with van der Waals surface area (Å²) in [6.45, 7) is 3.85.